The fourth-order valence-corrected chi connectivity index (χ4v) is 3.37. The number of nitrogens with two attached hydrogens (primary N) is 1. The van der Waals surface area contributed by atoms with Gasteiger partial charge < -0.3 is 15.4 Å². The molecule has 0 aromatic heterocycles. The fourth-order valence-electron chi connectivity index (χ4n) is 3.37. The minimum absolute atomic E-state index is 0.0719. The Balaban J connectivity index is 1.65. The van der Waals surface area contributed by atoms with Crippen LogP contribution >= 0.6 is 0 Å². The van der Waals surface area contributed by atoms with Crippen LogP contribution in [-0.2, 0) is 17.8 Å². The van der Waals surface area contributed by atoms with Crippen molar-refractivity contribution < 1.29 is 19.2 Å². The summed E-state index contributed by atoms with van der Waals surface area (Å²) in [6, 6.07) is 22.3. The number of carbonyl (C=O) groups is 1. The molecular weight excluding hydrogens is 379 g/mol. The van der Waals surface area contributed by atoms with E-state index in [1.807, 2.05) is 35.6 Å². The molecule has 0 aliphatic carbocycles. The smallest absolute Gasteiger partial charge is 0.275 e. The van der Waals surface area contributed by atoms with Crippen molar-refractivity contribution in [1.29, 1.82) is 0 Å². The lowest BCUT2D eigenvalue weighted by Crippen LogP contribution is -2.87. The van der Waals surface area contributed by atoms with E-state index in [2.05, 4.69) is 36.5 Å². The van der Waals surface area contributed by atoms with Crippen LogP contribution in [0.1, 0.15) is 35.2 Å². The SMILES string of the molecule is CCc1ccc([C@H]([NH2+]CC(=O)NCc2ccc(OC)cc2)c2cccc(F)c2)cc1. The van der Waals surface area contributed by atoms with Crippen molar-refractivity contribution in [3.63, 3.8) is 0 Å². The average molecular weight is 408 g/mol. The number of hydrogen-bond donors (Lipinski definition) is 2. The molecule has 0 aliphatic rings. The normalized spacial score (nSPS) is 11.7. The summed E-state index contributed by atoms with van der Waals surface area (Å²) < 4.78 is 19.0. The third-order valence-electron chi connectivity index (χ3n) is 5.14. The molecule has 0 bridgehead atoms. The van der Waals surface area contributed by atoms with E-state index < -0.39 is 0 Å². The Morgan fingerprint density at radius 2 is 1.70 bits per heavy atom. The summed E-state index contributed by atoms with van der Waals surface area (Å²) in [6.07, 6.45) is 0.961. The first-order valence-electron chi connectivity index (χ1n) is 10.2. The largest absolute Gasteiger partial charge is 0.497 e. The van der Waals surface area contributed by atoms with E-state index in [0.29, 0.717) is 6.54 Å². The number of aryl methyl sites for hydroxylation is 1. The van der Waals surface area contributed by atoms with Gasteiger partial charge in [0.2, 0.25) is 0 Å². The molecule has 156 valence electrons. The monoisotopic (exact) mass is 407 g/mol. The summed E-state index contributed by atoms with van der Waals surface area (Å²) in [5.41, 5.74) is 4.12. The van der Waals surface area contributed by atoms with Crippen LogP contribution in [0.2, 0.25) is 0 Å². The molecule has 3 aromatic carbocycles. The van der Waals surface area contributed by atoms with Crippen LogP contribution in [0.15, 0.2) is 72.8 Å². The Morgan fingerprint density at radius 1 is 1.00 bits per heavy atom. The van der Waals surface area contributed by atoms with E-state index in [1.165, 1.54) is 17.7 Å². The number of nitrogens with one attached hydrogen (secondary N) is 1. The topological polar surface area (TPSA) is 54.9 Å². The lowest BCUT2D eigenvalue weighted by atomic mass is 9.97. The summed E-state index contributed by atoms with van der Waals surface area (Å²) in [5.74, 6) is 0.433. The molecule has 0 aliphatic heterocycles. The van der Waals surface area contributed by atoms with Crippen LogP contribution in [-0.4, -0.2) is 19.6 Å². The molecule has 3 aromatic rings. The van der Waals surface area contributed by atoms with Gasteiger partial charge in [0, 0.05) is 17.7 Å². The first-order chi connectivity index (χ1) is 14.6. The minimum Gasteiger partial charge on any atom is -0.497 e. The van der Waals surface area contributed by atoms with Gasteiger partial charge in [-0.2, -0.15) is 0 Å². The molecular formula is C25H28FN2O2+. The quantitative estimate of drug-likeness (QED) is 0.572. The molecule has 0 spiro atoms. The van der Waals surface area contributed by atoms with Crippen molar-refractivity contribution in [2.75, 3.05) is 13.7 Å². The predicted octanol–water partition coefficient (Wildman–Crippen LogP) is 3.37. The van der Waals surface area contributed by atoms with E-state index in [-0.39, 0.29) is 24.3 Å². The number of ether oxygens (including phenoxy) is 1. The average Bonchev–Trinajstić information content (AvgIpc) is 2.78. The van der Waals surface area contributed by atoms with E-state index in [9.17, 15) is 9.18 Å². The Bertz CT molecular complexity index is 956. The Morgan fingerprint density at radius 3 is 2.33 bits per heavy atom. The van der Waals surface area contributed by atoms with Crippen LogP contribution in [0.25, 0.3) is 0 Å². The first-order valence-corrected chi connectivity index (χ1v) is 10.2. The molecule has 0 saturated carbocycles. The number of amides is 1. The number of quaternary nitrogens is 1. The van der Waals surface area contributed by atoms with Gasteiger partial charge >= 0.3 is 0 Å². The standard InChI is InChI=1S/C25H27FN2O2/c1-3-18-7-11-20(12-8-18)25(21-5-4-6-22(26)15-21)28-17-24(29)27-16-19-9-13-23(30-2)14-10-19/h4-15,25,28H,3,16-17H2,1-2H3,(H,27,29)/p+1/t25-/m0/s1. The first kappa shape index (κ1) is 21.5. The van der Waals surface area contributed by atoms with Gasteiger partial charge in [-0.1, -0.05) is 55.5 Å². The van der Waals surface area contributed by atoms with E-state index in [4.69, 9.17) is 4.74 Å². The number of rotatable bonds is 9. The van der Waals surface area contributed by atoms with E-state index >= 15 is 0 Å². The maximum atomic E-state index is 13.8. The second-order valence-electron chi connectivity index (χ2n) is 7.19. The lowest BCUT2D eigenvalue weighted by Gasteiger charge is -2.17. The molecule has 0 saturated heterocycles. The van der Waals surface area contributed by atoms with Gasteiger partial charge in [0.15, 0.2) is 6.54 Å². The predicted molar refractivity (Wildman–Crippen MR) is 116 cm³/mol. The highest BCUT2D eigenvalue weighted by Gasteiger charge is 2.19. The van der Waals surface area contributed by atoms with E-state index in [0.717, 1.165) is 28.9 Å². The van der Waals surface area contributed by atoms with Crippen molar-refractivity contribution >= 4 is 5.91 Å². The molecule has 1 atom stereocenters. The molecule has 3 rings (SSSR count). The Labute approximate surface area is 177 Å². The number of benzene rings is 3. The third-order valence-corrected chi connectivity index (χ3v) is 5.14. The maximum absolute atomic E-state index is 13.8. The number of carbonyl (C=O) groups excluding carboxylic acids is 1. The number of hydrogen-bond acceptors (Lipinski definition) is 2. The zero-order valence-corrected chi connectivity index (χ0v) is 17.4. The molecule has 0 fully saturated rings. The van der Waals surface area contributed by atoms with Crippen molar-refractivity contribution in [3.8, 4) is 5.75 Å². The molecule has 0 unspecified atom stereocenters. The minimum atomic E-state index is -0.278. The summed E-state index contributed by atoms with van der Waals surface area (Å²) in [6.45, 7) is 2.80. The van der Waals surface area contributed by atoms with Gasteiger partial charge in [0.25, 0.3) is 5.91 Å². The summed E-state index contributed by atoms with van der Waals surface area (Å²) in [4.78, 5) is 12.4. The van der Waals surface area contributed by atoms with Gasteiger partial charge in [-0.05, 0) is 41.8 Å². The highest BCUT2D eigenvalue weighted by molar-refractivity contribution is 5.76. The maximum Gasteiger partial charge on any atom is 0.275 e. The number of halogens is 1. The summed E-state index contributed by atoms with van der Waals surface area (Å²) in [7, 11) is 1.62. The molecule has 3 N–H and O–H groups in total. The lowest BCUT2D eigenvalue weighted by molar-refractivity contribution is -0.676. The fraction of sp³-hybridized carbons (Fsp3) is 0.240. The summed E-state index contributed by atoms with van der Waals surface area (Å²) >= 11 is 0. The van der Waals surface area contributed by atoms with Crippen molar-refractivity contribution in [2.24, 2.45) is 0 Å². The molecule has 4 nitrogen and oxygen atoms in total. The van der Waals surface area contributed by atoms with Crippen LogP contribution < -0.4 is 15.4 Å². The van der Waals surface area contributed by atoms with Gasteiger partial charge in [0.1, 0.15) is 17.6 Å². The number of methoxy groups -OCH3 is 1. The zero-order valence-electron chi connectivity index (χ0n) is 17.4. The molecule has 0 heterocycles. The van der Waals surface area contributed by atoms with Gasteiger partial charge in [0.05, 0.1) is 7.11 Å². The molecule has 1 amide bonds. The zero-order chi connectivity index (χ0) is 21.3. The van der Waals surface area contributed by atoms with Crippen LogP contribution in [0.5, 0.6) is 5.75 Å². The Hall–Kier alpha value is -3.18. The van der Waals surface area contributed by atoms with Gasteiger partial charge in [-0.25, -0.2) is 4.39 Å². The Kier molecular flexibility index (Phi) is 7.57. The van der Waals surface area contributed by atoms with Crippen LogP contribution in [0.3, 0.4) is 0 Å². The second-order valence-corrected chi connectivity index (χ2v) is 7.19. The van der Waals surface area contributed by atoms with Crippen molar-refractivity contribution in [2.45, 2.75) is 25.9 Å². The highest BCUT2D eigenvalue weighted by atomic mass is 19.1. The highest BCUT2D eigenvalue weighted by Crippen LogP contribution is 2.20. The molecule has 5 heteroatoms. The van der Waals surface area contributed by atoms with Gasteiger partial charge in [-0.3, -0.25) is 4.79 Å². The molecule has 30 heavy (non-hydrogen) atoms. The summed E-state index contributed by atoms with van der Waals surface area (Å²) in [5, 5.41) is 4.88. The van der Waals surface area contributed by atoms with Crippen LogP contribution in [0.4, 0.5) is 4.39 Å². The van der Waals surface area contributed by atoms with E-state index in [1.54, 1.807) is 13.2 Å². The van der Waals surface area contributed by atoms with Crippen LogP contribution in [0, 0.1) is 5.82 Å². The van der Waals surface area contributed by atoms with Crippen molar-refractivity contribution in [3.05, 3.63) is 101 Å². The van der Waals surface area contributed by atoms with Crippen molar-refractivity contribution in [1.82, 2.24) is 5.32 Å². The molecule has 0 radical (unpaired) electrons. The second kappa shape index (κ2) is 10.6. The third kappa shape index (κ3) is 5.91. The van der Waals surface area contributed by atoms with Gasteiger partial charge in [-0.15, -0.1) is 0 Å².